The van der Waals surface area contributed by atoms with E-state index >= 15 is 0 Å². The van der Waals surface area contributed by atoms with Crippen LogP contribution >= 0.6 is 0 Å². The number of hydrogen-bond donors (Lipinski definition) is 2. The average molecular weight is 536 g/mol. The summed E-state index contributed by atoms with van der Waals surface area (Å²) in [6.07, 6.45) is 8.49. The minimum absolute atomic E-state index is 0.0880. The van der Waals surface area contributed by atoms with Crippen molar-refractivity contribution in [1.29, 1.82) is 0 Å². The van der Waals surface area contributed by atoms with E-state index in [0.29, 0.717) is 5.82 Å². The molecule has 0 unspecified atom stereocenters. The van der Waals surface area contributed by atoms with Crippen molar-refractivity contribution in [2.45, 2.75) is 105 Å². The molecule has 0 aromatic carbocycles. The SMILES string of the molecule is CC(C)(C)c1c2nc(nc3cc(C(C)(C)C)c([nH]3)c(C(C)(C)C)c3nc(c(C(C)(C)C)c4ccc1[nH]4)C=C3)C=C2. The van der Waals surface area contributed by atoms with Gasteiger partial charge in [-0.25, -0.2) is 15.0 Å². The number of fused-ring (bicyclic) bond motifs is 8. The van der Waals surface area contributed by atoms with Crippen molar-refractivity contribution in [3.63, 3.8) is 0 Å². The van der Waals surface area contributed by atoms with E-state index in [4.69, 9.17) is 15.0 Å². The maximum Gasteiger partial charge on any atom is 0.154 e. The number of rotatable bonds is 0. The number of aromatic nitrogens is 5. The summed E-state index contributed by atoms with van der Waals surface area (Å²) in [5.74, 6) is 0.705. The Bertz CT molecular complexity index is 1710. The van der Waals surface area contributed by atoms with Crippen molar-refractivity contribution in [2.24, 2.45) is 0 Å². The van der Waals surface area contributed by atoms with Crippen LogP contribution < -0.4 is 0 Å². The van der Waals surface area contributed by atoms with Gasteiger partial charge in [-0.05, 0) is 69.7 Å². The predicted octanol–water partition coefficient (Wildman–Crippen LogP) is 9.24. The molecular weight excluding hydrogens is 490 g/mol. The van der Waals surface area contributed by atoms with Gasteiger partial charge in [0.05, 0.1) is 17.1 Å². The van der Waals surface area contributed by atoms with Crippen molar-refractivity contribution in [1.82, 2.24) is 24.9 Å². The van der Waals surface area contributed by atoms with Gasteiger partial charge < -0.3 is 9.97 Å². The van der Waals surface area contributed by atoms with Gasteiger partial charge in [0.2, 0.25) is 0 Å². The average Bonchev–Trinajstić information content (AvgIpc) is 3.54. The first-order chi connectivity index (χ1) is 18.3. The van der Waals surface area contributed by atoms with Gasteiger partial charge in [-0.1, -0.05) is 83.1 Å². The smallest absolute Gasteiger partial charge is 0.154 e. The van der Waals surface area contributed by atoms with Crippen molar-refractivity contribution < 1.29 is 0 Å². The fourth-order valence-electron chi connectivity index (χ4n) is 6.03. The molecular formula is C35H45N5. The molecule has 2 aliphatic rings. The zero-order chi connectivity index (χ0) is 29.4. The third kappa shape index (κ3) is 5.07. The van der Waals surface area contributed by atoms with Gasteiger partial charge in [-0.3, -0.25) is 0 Å². The first kappa shape index (κ1) is 28.1. The van der Waals surface area contributed by atoms with Crippen LogP contribution in [0, 0.1) is 0 Å². The summed E-state index contributed by atoms with van der Waals surface area (Å²) in [5, 5.41) is 0. The summed E-state index contributed by atoms with van der Waals surface area (Å²) >= 11 is 0. The lowest BCUT2D eigenvalue weighted by atomic mass is 9.80. The van der Waals surface area contributed by atoms with E-state index in [1.54, 1.807) is 0 Å². The highest BCUT2D eigenvalue weighted by molar-refractivity contribution is 5.84. The van der Waals surface area contributed by atoms with E-state index in [1.165, 1.54) is 22.3 Å². The molecule has 0 atom stereocenters. The van der Waals surface area contributed by atoms with Crippen LogP contribution in [0.2, 0.25) is 0 Å². The molecule has 5 heterocycles. The minimum atomic E-state index is -0.157. The second-order valence-electron chi connectivity index (χ2n) is 15.4. The molecule has 0 spiro atoms. The van der Waals surface area contributed by atoms with Crippen LogP contribution in [0.3, 0.4) is 0 Å². The predicted molar refractivity (Wildman–Crippen MR) is 171 cm³/mol. The van der Waals surface area contributed by atoms with Crippen LogP contribution in [0.15, 0.2) is 18.2 Å². The van der Waals surface area contributed by atoms with Gasteiger partial charge in [0.15, 0.2) is 5.82 Å². The maximum atomic E-state index is 5.34. The molecule has 40 heavy (non-hydrogen) atoms. The molecule has 5 heteroatoms. The second-order valence-corrected chi connectivity index (χ2v) is 15.4. The van der Waals surface area contributed by atoms with Crippen LogP contribution in [0.25, 0.3) is 46.5 Å². The highest BCUT2D eigenvalue weighted by Crippen LogP contribution is 2.39. The van der Waals surface area contributed by atoms with Gasteiger partial charge in [-0.15, -0.1) is 0 Å². The van der Waals surface area contributed by atoms with Gasteiger partial charge in [-0.2, -0.15) is 0 Å². The van der Waals surface area contributed by atoms with Crippen LogP contribution in [0.4, 0.5) is 0 Å². The van der Waals surface area contributed by atoms with E-state index < -0.39 is 0 Å². The molecule has 0 saturated carbocycles. The Labute approximate surface area is 239 Å². The molecule has 3 aromatic rings. The number of aromatic amines is 2. The Hall–Kier alpha value is -3.47. The number of nitrogens with zero attached hydrogens (tertiary/aromatic N) is 3. The Morgan fingerprint density at radius 2 is 0.975 bits per heavy atom. The summed E-state index contributed by atoms with van der Waals surface area (Å²) in [6.45, 7) is 27.1. The second kappa shape index (κ2) is 9.02. The summed E-state index contributed by atoms with van der Waals surface area (Å²) in [7, 11) is 0. The molecule has 0 aliphatic carbocycles. The molecule has 0 saturated heterocycles. The van der Waals surface area contributed by atoms with Crippen LogP contribution in [-0.4, -0.2) is 24.9 Å². The minimum Gasteiger partial charge on any atom is -0.355 e. The Balaban J connectivity index is 2.08. The quantitative estimate of drug-likeness (QED) is 0.208. The summed E-state index contributed by atoms with van der Waals surface area (Å²) in [6, 6.07) is 6.58. The molecule has 210 valence electrons. The summed E-state index contributed by atoms with van der Waals surface area (Å²) in [5.41, 5.74) is 11.3. The van der Waals surface area contributed by atoms with Crippen LogP contribution in [0.5, 0.6) is 0 Å². The zero-order valence-corrected chi connectivity index (χ0v) is 26.4. The fraction of sp³-hybridized carbons (Fsp3) is 0.457. The third-order valence-corrected chi connectivity index (χ3v) is 7.60. The van der Waals surface area contributed by atoms with Crippen molar-refractivity contribution in [3.05, 3.63) is 63.4 Å². The third-order valence-electron chi connectivity index (χ3n) is 7.60. The standard InChI is InChI=1S/C35H45N5/c1-32(2,3)20-19-27-39-26-18-17-24(38-26)29(34(7,8)9)23-14-13-21(36-23)28(33(4,5)6)22-15-16-25(37-22)30(31(20)40-27)35(10,11)12/h13-19,36H,1-12H3,(H,38,39,40). The zero-order valence-electron chi connectivity index (χ0n) is 26.4. The van der Waals surface area contributed by atoms with Gasteiger partial charge in [0, 0.05) is 33.2 Å². The lowest BCUT2D eigenvalue weighted by Crippen LogP contribution is -2.17. The summed E-state index contributed by atoms with van der Waals surface area (Å²) in [4.78, 5) is 22.8. The molecule has 5 nitrogen and oxygen atoms in total. The molecule has 0 amide bonds. The van der Waals surface area contributed by atoms with E-state index in [9.17, 15) is 0 Å². The number of nitrogens with one attached hydrogen (secondary N) is 2. The molecule has 0 radical (unpaired) electrons. The molecule has 2 aliphatic heterocycles. The first-order valence-electron chi connectivity index (χ1n) is 14.4. The largest absolute Gasteiger partial charge is 0.355 e. The maximum absolute atomic E-state index is 5.34. The first-order valence-corrected chi connectivity index (χ1v) is 14.4. The normalized spacial score (nSPS) is 14.3. The number of H-pyrrole nitrogens is 2. The molecule has 8 bridgehead atoms. The van der Waals surface area contributed by atoms with E-state index in [0.717, 1.165) is 39.3 Å². The highest BCUT2D eigenvalue weighted by atomic mass is 14.9. The highest BCUT2D eigenvalue weighted by Gasteiger charge is 2.29. The van der Waals surface area contributed by atoms with E-state index in [2.05, 4.69) is 129 Å². The lowest BCUT2D eigenvalue weighted by Gasteiger charge is -2.24. The molecule has 0 fully saturated rings. The molecule has 3 aromatic heterocycles. The summed E-state index contributed by atoms with van der Waals surface area (Å²) < 4.78 is 0. The number of hydrogen-bond acceptors (Lipinski definition) is 3. The topological polar surface area (TPSA) is 70.2 Å². The lowest BCUT2D eigenvalue weighted by molar-refractivity contribution is 0.578. The van der Waals surface area contributed by atoms with E-state index in [1.807, 2.05) is 6.08 Å². The van der Waals surface area contributed by atoms with Gasteiger partial charge in [0.25, 0.3) is 0 Å². The van der Waals surface area contributed by atoms with Gasteiger partial charge >= 0.3 is 0 Å². The fourth-order valence-corrected chi connectivity index (χ4v) is 6.03. The van der Waals surface area contributed by atoms with Crippen LogP contribution in [-0.2, 0) is 21.7 Å². The van der Waals surface area contributed by atoms with Gasteiger partial charge in [0.1, 0.15) is 5.65 Å². The van der Waals surface area contributed by atoms with Crippen molar-refractivity contribution in [2.75, 3.05) is 0 Å². The van der Waals surface area contributed by atoms with E-state index in [-0.39, 0.29) is 21.7 Å². The Morgan fingerprint density at radius 3 is 1.48 bits per heavy atom. The van der Waals surface area contributed by atoms with Crippen LogP contribution in [0.1, 0.15) is 128 Å². The Kier molecular flexibility index (Phi) is 6.33. The van der Waals surface area contributed by atoms with Crippen molar-refractivity contribution in [3.8, 4) is 0 Å². The molecule has 5 rings (SSSR count). The van der Waals surface area contributed by atoms with Crippen molar-refractivity contribution >= 4 is 46.5 Å². The monoisotopic (exact) mass is 535 g/mol. The molecule has 2 N–H and O–H groups in total. The Morgan fingerprint density at radius 1 is 0.500 bits per heavy atom.